The zero-order valence-electron chi connectivity index (χ0n) is 14.0. The second kappa shape index (κ2) is 6.00. The van der Waals surface area contributed by atoms with E-state index in [9.17, 15) is 14.7 Å². The van der Waals surface area contributed by atoms with Crippen molar-refractivity contribution in [3.8, 4) is 11.5 Å². The highest BCUT2D eigenvalue weighted by Crippen LogP contribution is 2.43. The van der Waals surface area contributed by atoms with Gasteiger partial charge in [-0.3, -0.25) is 9.59 Å². The molecule has 6 nitrogen and oxygen atoms in total. The van der Waals surface area contributed by atoms with Crippen LogP contribution >= 0.6 is 11.6 Å². The number of aliphatic hydroxyl groups is 1. The van der Waals surface area contributed by atoms with Crippen molar-refractivity contribution in [3.05, 3.63) is 52.5 Å². The lowest BCUT2D eigenvalue weighted by atomic mass is 9.88. The number of anilines is 1. The molecule has 0 saturated heterocycles. The van der Waals surface area contributed by atoms with Crippen LogP contribution in [0.25, 0.3) is 0 Å². The number of nitrogens with zero attached hydrogens (tertiary/aromatic N) is 1. The van der Waals surface area contributed by atoms with Gasteiger partial charge in [0.1, 0.15) is 13.2 Å². The Labute approximate surface area is 154 Å². The smallest absolute Gasteiger partial charge is 0.263 e. The number of fused-ring (bicyclic) bond motifs is 2. The molecule has 7 heteroatoms. The first-order valence-electron chi connectivity index (χ1n) is 8.13. The largest absolute Gasteiger partial charge is 0.486 e. The summed E-state index contributed by atoms with van der Waals surface area (Å²) < 4.78 is 10.9. The molecule has 0 radical (unpaired) electrons. The number of hydrogen-bond donors (Lipinski definition) is 1. The van der Waals surface area contributed by atoms with E-state index in [1.807, 2.05) is 0 Å². The summed E-state index contributed by atoms with van der Waals surface area (Å²) in [5.74, 6) is 0.118. The van der Waals surface area contributed by atoms with Crippen molar-refractivity contribution in [2.45, 2.75) is 12.0 Å². The van der Waals surface area contributed by atoms with Crippen molar-refractivity contribution >= 4 is 29.0 Å². The number of benzene rings is 2. The Morgan fingerprint density at radius 2 is 1.92 bits per heavy atom. The summed E-state index contributed by atoms with van der Waals surface area (Å²) in [6, 6.07) is 9.64. The Balaban J connectivity index is 1.67. The van der Waals surface area contributed by atoms with Gasteiger partial charge in [-0.25, -0.2) is 0 Å². The number of amides is 1. The monoisotopic (exact) mass is 373 g/mol. The van der Waals surface area contributed by atoms with Gasteiger partial charge in [0.25, 0.3) is 5.91 Å². The zero-order valence-corrected chi connectivity index (χ0v) is 14.7. The van der Waals surface area contributed by atoms with Crippen LogP contribution in [-0.2, 0) is 10.4 Å². The number of ketones is 1. The van der Waals surface area contributed by atoms with E-state index < -0.39 is 11.5 Å². The molecule has 0 bridgehead atoms. The fraction of sp³-hybridized carbons (Fsp3) is 0.263. The maximum Gasteiger partial charge on any atom is 0.263 e. The zero-order chi connectivity index (χ0) is 18.5. The molecule has 26 heavy (non-hydrogen) atoms. The third-order valence-corrected chi connectivity index (χ3v) is 4.94. The van der Waals surface area contributed by atoms with Crippen LogP contribution in [0, 0.1) is 0 Å². The molecule has 134 valence electrons. The van der Waals surface area contributed by atoms with E-state index >= 15 is 0 Å². The lowest BCUT2D eigenvalue weighted by molar-refractivity contribution is -0.135. The number of ether oxygens (including phenoxy) is 2. The molecule has 1 atom stereocenters. The number of halogens is 1. The first-order valence-corrected chi connectivity index (χ1v) is 8.51. The normalized spacial score (nSPS) is 20.9. The van der Waals surface area contributed by atoms with Gasteiger partial charge < -0.3 is 19.5 Å². The molecule has 2 aromatic rings. The van der Waals surface area contributed by atoms with Gasteiger partial charge in [0, 0.05) is 23.2 Å². The highest BCUT2D eigenvalue weighted by molar-refractivity contribution is 6.31. The minimum Gasteiger partial charge on any atom is -0.486 e. The van der Waals surface area contributed by atoms with Crippen LogP contribution in [-0.4, -0.2) is 37.1 Å². The van der Waals surface area contributed by atoms with E-state index in [2.05, 4.69) is 0 Å². The lowest BCUT2D eigenvalue weighted by Crippen LogP contribution is -2.40. The topological polar surface area (TPSA) is 76.1 Å². The van der Waals surface area contributed by atoms with Crippen molar-refractivity contribution in [2.24, 2.45) is 0 Å². The van der Waals surface area contributed by atoms with Gasteiger partial charge in [-0.05, 0) is 36.4 Å². The molecule has 2 aliphatic rings. The summed E-state index contributed by atoms with van der Waals surface area (Å²) in [7, 11) is 1.56. The molecule has 0 saturated carbocycles. The van der Waals surface area contributed by atoms with Crippen LogP contribution in [0.3, 0.4) is 0 Å². The molecule has 0 aromatic heterocycles. The van der Waals surface area contributed by atoms with Gasteiger partial charge >= 0.3 is 0 Å². The van der Waals surface area contributed by atoms with Crippen molar-refractivity contribution in [1.82, 2.24) is 0 Å². The summed E-state index contributed by atoms with van der Waals surface area (Å²) in [4.78, 5) is 26.7. The van der Waals surface area contributed by atoms with Crippen molar-refractivity contribution in [2.75, 3.05) is 25.2 Å². The summed E-state index contributed by atoms with van der Waals surface area (Å²) in [6.45, 7) is 0.863. The molecule has 4 rings (SSSR count). The Bertz CT molecular complexity index is 928. The first kappa shape index (κ1) is 16.9. The number of Topliss-reactive ketones (excluding diaryl/α,β-unsaturated/α-hetero) is 1. The Morgan fingerprint density at radius 1 is 1.19 bits per heavy atom. The van der Waals surface area contributed by atoms with Crippen molar-refractivity contribution in [1.29, 1.82) is 0 Å². The first-order chi connectivity index (χ1) is 12.4. The molecular weight excluding hydrogens is 358 g/mol. The van der Waals surface area contributed by atoms with E-state index in [1.54, 1.807) is 37.4 Å². The molecule has 1 unspecified atom stereocenters. The maximum atomic E-state index is 12.8. The molecule has 0 aliphatic carbocycles. The van der Waals surface area contributed by atoms with E-state index in [4.69, 9.17) is 21.1 Å². The second-order valence-electron chi connectivity index (χ2n) is 6.34. The lowest BCUT2D eigenvalue weighted by Gasteiger charge is -2.22. The third-order valence-electron chi connectivity index (χ3n) is 4.70. The summed E-state index contributed by atoms with van der Waals surface area (Å²) in [6.07, 6.45) is -0.386. The second-order valence-corrected chi connectivity index (χ2v) is 6.78. The van der Waals surface area contributed by atoms with Crippen LogP contribution in [0.2, 0.25) is 5.02 Å². The van der Waals surface area contributed by atoms with Crippen LogP contribution < -0.4 is 14.4 Å². The Morgan fingerprint density at radius 3 is 2.69 bits per heavy atom. The Hall–Kier alpha value is -2.57. The van der Waals surface area contributed by atoms with E-state index in [0.717, 1.165) is 0 Å². The van der Waals surface area contributed by atoms with Gasteiger partial charge in [0.15, 0.2) is 22.9 Å². The van der Waals surface area contributed by atoms with Crippen LogP contribution in [0.15, 0.2) is 36.4 Å². The van der Waals surface area contributed by atoms with Gasteiger partial charge in [0.05, 0.1) is 12.1 Å². The minimum absolute atomic E-state index is 0.336. The molecule has 1 amide bonds. The van der Waals surface area contributed by atoms with Gasteiger partial charge in [-0.2, -0.15) is 0 Å². The summed E-state index contributed by atoms with van der Waals surface area (Å²) in [5.41, 5.74) is -0.729. The molecule has 2 aliphatic heterocycles. The number of rotatable bonds is 3. The standard InChI is InChI=1S/C19H16ClNO5/c1-21-14-4-3-12(20)9-13(14)19(24,18(21)23)10-15(22)11-2-5-16-17(8-11)26-7-6-25-16/h2-5,8-9,24H,6-7,10H2,1H3. The van der Waals surface area contributed by atoms with E-state index in [-0.39, 0.29) is 12.2 Å². The highest BCUT2D eigenvalue weighted by atomic mass is 35.5. The molecule has 1 N–H and O–H groups in total. The highest BCUT2D eigenvalue weighted by Gasteiger charge is 2.49. The fourth-order valence-corrected chi connectivity index (χ4v) is 3.53. The van der Waals surface area contributed by atoms with Crippen LogP contribution in [0.4, 0.5) is 5.69 Å². The number of hydrogen-bond acceptors (Lipinski definition) is 5. The van der Waals surface area contributed by atoms with Crippen molar-refractivity contribution < 1.29 is 24.2 Å². The van der Waals surface area contributed by atoms with Gasteiger partial charge in [-0.1, -0.05) is 11.6 Å². The SMILES string of the molecule is CN1C(=O)C(O)(CC(=O)c2ccc3c(c2)OCCO3)c2cc(Cl)ccc21. The minimum atomic E-state index is -1.95. The van der Waals surface area contributed by atoms with Crippen molar-refractivity contribution in [3.63, 3.8) is 0 Å². The average Bonchev–Trinajstić information content (AvgIpc) is 2.82. The molecular formula is C19H16ClNO5. The van der Waals surface area contributed by atoms with Crippen LogP contribution in [0.5, 0.6) is 11.5 Å². The fourth-order valence-electron chi connectivity index (χ4n) is 3.36. The molecule has 0 spiro atoms. The summed E-state index contributed by atoms with van der Waals surface area (Å²) in [5, 5.41) is 11.4. The summed E-state index contributed by atoms with van der Waals surface area (Å²) >= 11 is 6.02. The quantitative estimate of drug-likeness (QED) is 0.837. The maximum absolute atomic E-state index is 12.8. The van der Waals surface area contributed by atoms with Gasteiger partial charge in [-0.15, -0.1) is 0 Å². The molecule has 2 aromatic carbocycles. The molecule has 0 fully saturated rings. The van der Waals surface area contributed by atoms with Crippen LogP contribution in [0.1, 0.15) is 22.3 Å². The third kappa shape index (κ3) is 2.53. The molecule has 2 heterocycles. The predicted octanol–water partition coefficient (Wildman–Crippen LogP) is 2.55. The Kier molecular flexibility index (Phi) is 3.89. The number of likely N-dealkylation sites (N-methyl/N-ethyl adjacent to an activating group) is 1. The van der Waals surface area contributed by atoms with E-state index in [1.165, 1.54) is 11.0 Å². The van der Waals surface area contributed by atoms with Gasteiger partial charge in [0.2, 0.25) is 0 Å². The van der Waals surface area contributed by atoms with E-state index in [0.29, 0.717) is 46.5 Å². The predicted molar refractivity (Wildman–Crippen MR) is 95.1 cm³/mol. The average molecular weight is 374 g/mol. The number of carbonyl (C=O) groups is 2. The number of carbonyl (C=O) groups excluding carboxylic acids is 2.